The molecule has 0 bridgehead atoms. The van der Waals surface area contributed by atoms with Crippen LogP contribution in [0.25, 0.3) is 0 Å². The molecule has 1 heterocycles. The number of carbonyl (C=O) groups is 2. The SMILES string of the molecule is CC1C(C(=O)O)c2ccccc2C(=O)N1CCN(C)C. The summed E-state index contributed by atoms with van der Waals surface area (Å²) in [6.07, 6.45) is 0. The third-order valence-corrected chi connectivity index (χ3v) is 3.82. The van der Waals surface area contributed by atoms with Gasteiger partial charge in [-0.15, -0.1) is 0 Å². The van der Waals surface area contributed by atoms with Gasteiger partial charge in [-0.05, 0) is 32.6 Å². The Balaban J connectivity index is 2.39. The normalized spacial score (nSPS) is 22.0. The second-order valence-electron chi connectivity index (χ2n) is 5.45. The number of hydrogen-bond donors (Lipinski definition) is 1. The number of aliphatic carboxylic acids is 1. The van der Waals surface area contributed by atoms with Gasteiger partial charge in [-0.2, -0.15) is 0 Å². The first-order chi connectivity index (χ1) is 9.43. The Hall–Kier alpha value is -1.88. The van der Waals surface area contributed by atoms with Crippen LogP contribution in [0.5, 0.6) is 0 Å². The van der Waals surface area contributed by atoms with E-state index in [4.69, 9.17) is 0 Å². The molecule has 2 rings (SSSR count). The maximum Gasteiger partial charge on any atom is 0.313 e. The molecular formula is C15H20N2O3. The highest BCUT2D eigenvalue weighted by Crippen LogP contribution is 2.33. The molecule has 2 atom stereocenters. The van der Waals surface area contributed by atoms with Crippen molar-refractivity contribution in [3.8, 4) is 0 Å². The van der Waals surface area contributed by atoms with Crippen molar-refractivity contribution in [2.45, 2.75) is 18.9 Å². The lowest BCUT2D eigenvalue weighted by Gasteiger charge is -2.39. The largest absolute Gasteiger partial charge is 0.481 e. The van der Waals surface area contributed by atoms with E-state index in [0.29, 0.717) is 24.2 Å². The molecule has 0 aromatic heterocycles. The molecule has 1 aromatic carbocycles. The molecule has 1 amide bonds. The Bertz CT molecular complexity index is 528. The minimum absolute atomic E-state index is 0.0764. The van der Waals surface area contributed by atoms with Gasteiger partial charge in [0.2, 0.25) is 0 Å². The molecule has 0 aliphatic carbocycles. The van der Waals surface area contributed by atoms with Gasteiger partial charge in [0.25, 0.3) is 5.91 Å². The molecule has 0 fully saturated rings. The van der Waals surface area contributed by atoms with E-state index < -0.39 is 11.9 Å². The summed E-state index contributed by atoms with van der Waals surface area (Å²) in [5.74, 6) is -1.62. The zero-order valence-corrected chi connectivity index (χ0v) is 12.0. The lowest BCUT2D eigenvalue weighted by molar-refractivity contribution is -0.140. The predicted molar refractivity (Wildman–Crippen MR) is 75.9 cm³/mol. The van der Waals surface area contributed by atoms with Crippen LogP contribution < -0.4 is 0 Å². The molecule has 5 nitrogen and oxygen atoms in total. The Morgan fingerprint density at radius 3 is 2.60 bits per heavy atom. The van der Waals surface area contributed by atoms with Crippen LogP contribution >= 0.6 is 0 Å². The second-order valence-corrected chi connectivity index (χ2v) is 5.45. The van der Waals surface area contributed by atoms with Gasteiger partial charge in [0.05, 0.1) is 0 Å². The first-order valence-corrected chi connectivity index (χ1v) is 6.71. The average molecular weight is 276 g/mol. The van der Waals surface area contributed by atoms with Crippen LogP contribution in [0.3, 0.4) is 0 Å². The lowest BCUT2D eigenvalue weighted by Crippen LogP contribution is -2.50. The van der Waals surface area contributed by atoms with Crippen LogP contribution in [0.1, 0.15) is 28.8 Å². The van der Waals surface area contributed by atoms with Crippen molar-refractivity contribution in [3.05, 3.63) is 35.4 Å². The fourth-order valence-corrected chi connectivity index (χ4v) is 2.69. The molecule has 20 heavy (non-hydrogen) atoms. The molecule has 0 spiro atoms. The number of carboxylic acid groups (broad SMARTS) is 1. The fraction of sp³-hybridized carbons (Fsp3) is 0.467. The van der Waals surface area contributed by atoms with Crippen LogP contribution in [0.2, 0.25) is 0 Å². The summed E-state index contributed by atoms with van der Waals surface area (Å²) >= 11 is 0. The number of benzene rings is 1. The summed E-state index contributed by atoms with van der Waals surface area (Å²) in [5, 5.41) is 9.49. The number of fused-ring (bicyclic) bond motifs is 1. The highest BCUT2D eigenvalue weighted by Gasteiger charge is 2.40. The Morgan fingerprint density at radius 1 is 1.35 bits per heavy atom. The van der Waals surface area contributed by atoms with Crippen molar-refractivity contribution in [1.82, 2.24) is 9.80 Å². The number of rotatable bonds is 4. The quantitative estimate of drug-likeness (QED) is 0.899. The summed E-state index contributed by atoms with van der Waals surface area (Å²) in [6, 6.07) is 6.67. The van der Waals surface area contributed by atoms with Crippen molar-refractivity contribution in [1.29, 1.82) is 0 Å². The van der Waals surface area contributed by atoms with Gasteiger partial charge in [-0.1, -0.05) is 18.2 Å². The van der Waals surface area contributed by atoms with Crippen molar-refractivity contribution in [3.63, 3.8) is 0 Å². The predicted octanol–water partition coefficient (Wildman–Crippen LogP) is 1.26. The highest BCUT2D eigenvalue weighted by atomic mass is 16.4. The molecule has 0 saturated heterocycles. The van der Waals surface area contributed by atoms with Gasteiger partial charge >= 0.3 is 5.97 Å². The van der Waals surface area contributed by atoms with Crippen molar-refractivity contribution in [2.75, 3.05) is 27.2 Å². The second kappa shape index (κ2) is 5.63. The van der Waals surface area contributed by atoms with Gasteiger partial charge in [0, 0.05) is 24.7 Å². The molecule has 5 heteroatoms. The zero-order chi connectivity index (χ0) is 14.9. The molecule has 1 N–H and O–H groups in total. The summed E-state index contributed by atoms with van der Waals surface area (Å²) < 4.78 is 0. The van der Waals surface area contributed by atoms with E-state index in [-0.39, 0.29) is 11.9 Å². The summed E-state index contributed by atoms with van der Waals surface area (Å²) in [6.45, 7) is 3.05. The van der Waals surface area contributed by atoms with E-state index in [1.165, 1.54) is 0 Å². The Morgan fingerprint density at radius 2 is 2.00 bits per heavy atom. The first-order valence-electron chi connectivity index (χ1n) is 6.71. The van der Waals surface area contributed by atoms with E-state index in [9.17, 15) is 14.7 Å². The summed E-state index contributed by atoms with van der Waals surface area (Å²) in [4.78, 5) is 27.7. The number of carboxylic acids is 1. The molecular weight excluding hydrogens is 256 g/mol. The first kappa shape index (κ1) is 14.5. The number of nitrogens with zero attached hydrogens (tertiary/aromatic N) is 2. The van der Waals surface area contributed by atoms with Crippen LogP contribution in [0, 0.1) is 0 Å². The lowest BCUT2D eigenvalue weighted by atomic mass is 9.83. The number of amides is 1. The minimum atomic E-state index is -0.882. The van der Waals surface area contributed by atoms with E-state index >= 15 is 0 Å². The number of likely N-dealkylation sites (N-methyl/N-ethyl adjacent to an activating group) is 1. The van der Waals surface area contributed by atoms with Crippen LogP contribution in [0.4, 0.5) is 0 Å². The summed E-state index contributed by atoms with van der Waals surface area (Å²) in [7, 11) is 3.86. The standard InChI is InChI=1S/C15H20N2O3/c1-10-13(15(19)20)11-6-4-5-7-12(11)14(18)17(10)9-8-16(2)3/h4-7,10,13H,8-9H2,1-3H3,(H,19,20). The van der Waals surface area contributed by atoms with Gasteiger partial charge in [0.1, 0.15) is 5.92 Å². The third-order valence-electron chi connectivity index (χ3n) is 3.82. The van der Waals surface area contributed by atoms with Gasteiger partial charge in [0.15, 0.2) is 0 Å². The maximum atomic E-state index is 12.5. The monoisotopic (exact) mass is 276 g/mol. The van der Waals surface area contributed by atoms with E-state index in [2.05, 4.69) is 0 Å². The van der Waals surface area contributed by atoms with Gasteiger partial charge in [-0.25, -0.2) is 0 Å². The van der Waals surface area contributed by atoms with Crippen molar-refractivity contribution < 1.29 is 14.7 Å². The number of carbonyl (C=O) groups excluding carboxylic acids is 1. The molecule has 2 unspecified atom stereocenters. The molecule has 1 aliphatic heterocycles. The Labute approximate surface area is 118 Å². The number of hydrogen-bond acceptors (Lipinski definition) is 3. The molecule has 108 valence electrons. The fourth-order valence-electron chi connectivity index (χ4n) is 2.69. The molecule has 0 saturated carbocycles. The maximum absolute atomic E-state index is 12.5. The van der Waals surface area contributed by atoms with Crippen LogP contribution in [-0.4, -0.2) is 60.0 Å². The highest BCUT2D eigenvalue weighted by molar-refractivity contribution is 6.00. The summed E-state index contributed by atoms with van der Waals surface area (Å²) in [5.41, 5.74) is 1.13. The zero-order valence-electron chi connectivity index (χ0n) is 12.0. The van der Waals surface area contributed by atoms with E-state index in [1.54, 1.807) is 29.2 Å². The Kier molecular flexibility index (Phi) is 4.09. The van der Waals surface area contributed by atoms with E-state index in [1.807, 2.05) is 25.9 Å². The van der Waals surface area contributed by atoms with E-state index in [0.717, 1.165) is 0 Å². The topological polar surface area (TPSA) is 60.9 Å². The van der Waals surface area contributed by atoms with Crippen molar-refractivity contribution in [2.24, 2.45) is 0 Å². The molecule has 1 aromatic rings. The average Bonchev–Trinajstić information content (AvgIpc) is 2.38. The smallest absolute Gasteiger partial charge is 0.313 e. The van der Waals surface area contributed by atoms with Crippen molar-refractivity contribution >= 4 is 11.9 Å². The van der Waals surface area contributed by atoms with Crippen LogP contribution in [-0.2, 0) is 4.79 Å². The minimum Gasteiger partial charge on any atom is -0.481 e. The van der Waals surface area contributed by atoms with Gasteiger partial charge < -0.3 is 14.9 Å². The third kappa shape index (κ3) is 2.54. The molecule has 0 radical (unpaired) electrons. The van der Waals surface area contributed by atoms with Gasteiger partial charge in [-0.3, -0.25) is 9.59 Å². The molecule has 1 aliphatic rings. The van der Waals surface area contributed by atoms with Crippen LogP contribution in [0.15, 0.2) is 24.3 Å².